The molecule has 0 aromatic carbocycles. The SMILES string of the molecule is O=C(NCc1ccco1)C1CC(=O)N(Cc2ccncc2)C1. The number of hydrogen-bond donors (Lipinski definition) is 1. The Morgan fingerprint density at radius 2 is 2.18 bits per heavy atom. The minimum absolute atomic E-state index is 0.00922. The maximum absolute atomic E-state index is 12.1. The summed E-state index contributed by atoms with van der Waals surface area (Å²) in [6.07, 6.45) is 5.22. The summed E-state index contributed by atoms with van der Waals surface area (Å²) in [5, 5.41) is 2.81. The van der Waals surface area contributed by atoms with E-state index in [2.05, 4.69) is 10.3 Å². The molecule has 1 aliphatic heterocycles. The summed E-state index contributed by atoms with van der Waals surface area (Å²) >= 11 is 0. The molecule has 0 saturated carbocycles. The molecule has 0 aliphatic carbocycles. The molecule has 0 bridgehead atoms. The van der Waals surface area contributed by atoms with Gasteiger partial charge in [0.25, 0.3) is 0 Å². The summed E-state index contributed by atoms with van der Waals surface area (Å²) < 4.78 is 5.17. The van der Waals surface area contributed by atoms with E-state index >= 15 is 0 Å². The smallest absolute Gasteiger partial charge is 0.225 e. The third-order valence-electron chi connectivity index (χ3n) is 3.73. The van der Waals surface area contributed by atoms with E-state index in [1.54, 1.807) is 35.7 Å². The second-order valence-corrected chi connectivity index (χ2v) is 5.33. The van der Waals surface area contributed by atoms with Crippen LogP contribution in [0.2, 0.25) is 0 Å². The van der Waals surface area contributed by atoms with Gasteiger partial charge < -0.3 is 14.6 Å². The van der Waals surface area contributed by atoms with E-state index in [-0.39, 0.29) is 24.2 Å². The molecule has 22 heavy (non-hydrogen) atoms. The Morgan fingerprint density at radius 3 is 2.91 bits per heavy atom. The number of nitrogens with zero attached hydrogens (tertiary/aromatic N) is 2. The van der Waals surface area contributed by atoms with Crippen molar-refractivity contribution < 1.29 is 14.0 Å². The quantitative estimate of drug-likeness (QED) is 0.904. The first kappa shape index (κ1) is 14.3. The van der Waals surface area contributed by atoms with Gasteiger partial charge in [-0.1, -0.05) is 0 Å². The van der Waals surface area contributed by atoms with Crippen LogP contribution >= 0.6 is 0 Å². The van der Waals surface area contributed by atoms with E-state index in [1.165, 1.54) is 0 Å². The van der Waals surface area contributed by atoms with Gasteiger partial charge in [-0.05, 0) is 29.8 Å². The van der Waals surface area contributed by atoms with Crippen LogP contribution in [-0.2, 0) is 22.7 Å². The van der Waals surface area contributed by atoms with Crippen LogP contribution in [0.5, 0.6) is 0 Å². The van der Waals surface area contributed by atoms with Crippen molar-refractivity contribution in [1.29, 1.82) is 0 Å². The largest absolute Gasteiger partial charge is 0.467 e. The first-order valence-electron chi connectivity index (χ1n) is 7.19. The topological polar surface area (TPSA) is 75.4 Å². The van der Waals surface area contributed by atoms with Gasteiger partial charge in [-0.3, -0.25) is 14.6 Å². The van der Waals surface area contributed by atoms with E-state index < -0.39 is 0 Å². The highest BCUT2D eigenvalue weighted by atomic mass is 16.3. The predicted octanol–water partition coefficient (Wildman–Crippen LogP) is 1.34. The zero-order valence-corrected chi connectivity index (χ0v) is 12.1. The van der Waals surface area contributed by atoms with Crippen molar-refractivity contribution in [3.8, 4) is 0 Å². The molecule has 2 amide bonds. The second-order valence-electron chi connectivity index (χ2n) is 5.33. The maximum atomic E-state index is 12.1. The van der Waals surface area contributed by atoms with E-state index in [4.69, 9.17) is 4.42 Å². The molecule has 1 N–H and O–H groups in total. The van der Waals surface area contributed by atoms with Crippen LogP contribution < -0.4 is 5.32 Å². The van der Waals surface area contributed by atoms with E-state index in [9.17, 15) is 9.59 Å². The normalized spacial score (nSPS) is 17.7. The molecule has 3 heterocycles. The highest BCUT2D eigenvalue weighted by molar-refractivity contribution is 5.89. The number of carbonyl (C=O) groups excluding carboxylic acids is 2. The van der Waals surface area contributed by atoms with Crippen molar-refractivity contribution in [2.45, 2.75) is 19.5 Å². The van der Waals surface area contributed by atoms with Crippen LogP contribution in [0.25, 0.3) is 0 Å². The molecule has 2 aromatic heterocycles. The first-order chi connectivity index (χ1) is 10.7. The summed E-state index contributed by atoms with van der Waals surface area (Å²) in [7, 11) is 0. The average Bonchev–Trinajstić information content (AvgIpc) is 3.16. The highest BCUT2D eigenvalue weighted by Gasteiger charge is 2.34. The molecule has 1 saturated heterocycles. The van der Waals surface area contributed by atoms with Gasteiger partial charge in [0.2, 0.25) is 11.8 Å². The summed E-state index contributed by atoms with van der Waals surface area (Å²) in [4.78, 5) is 29.8. The molecular weight excluding hydrogens is 282 g/mol. The van der Waals surface area contributed by atoms with Crippen LogP contribution in [0.15, 0.2) is 47.3 Å². The van der Waals surface area contributed by atoms with Crippen LogP contribution in [0, 0.1) is 5.92 Å². The summed E-state index contributed by atoms with van der Waals surface area (Å²) in [5.74, 6) is 0.299. The fourth-order valence-electron chi connectivity index (χ4n) is 2.54. The van der Waals surface area contributed by atoms with Gasteiger partial charge in [-0.2, -0.15) is 0 Å². The van der Waals surface area contributed by atoms with E-state index in [1.807, 2.05) is 12.1 Å². The molecule has 114 valence electrons. The zero-order chi connectivity index (χ0) is 15.4. The van der Waals surface area contributed by atoms with Crippen molar-refractivity contribution in [2.75, 3.05) is 6.54 Å². The number of likely N-dealkylation sites (tertiary alicyclic amines) is 1. The molecule has 0 spiro atoms. The molecular formula is C16H17N3O3. The molecule has 1 aliphatic rings. The number of aromatic nitrogens is 1. The Balaban J connectivity index is 1.53. The Hall–Kier alpha value is -2.63. The molecule has 6 nitrogen and oxygen atoms in total. The van der Waals surface area contributed by atoms with Gasteiger partial charge in [-0.25, -0.2) is 0 Å². The predicted molar refractivity (Wildman–Crippen MR) is 78.3 cm³/mol. The van der Waals surface area contributed by atoms with Crippen LogP contribution in [0.4, 0.5) is 0 Å². The molecule has 0 radical (unpaired) electrons. The number of amides is 2. The third kappa shape index (κ3) is 3.33. The highest BCUT2D eigenvalue weighted by Crippen LogP contribution is 2.20. The number of pyridine rings is 1. The van der Waals surface area contributed by atoms with Gasteiger partial charge in [0.05, 0.1) is 18.7 Å². The average molecular weight is 299 g/mol. The third-order valence-corrected chi connectivity index (χ3v) is 3.73. The Bertz CT molecular complexity index is 640. The Labute approximate surface area is 128 Å². The molecule has 1 unspecified atom stereocenters. The minimum atomic E-state index is -0.302. The Morgan fingerprint density at radius 1 is 1.36 bits per heavy atom. The lowest BCUT2D eigenvalue weighted by Crippen LogP contribution is -2.32. The van der Waals surface area contributed by atoms with Gasteiger partial charge in [0, 0.05) is 31.9 Å². The van der Waals surface area contributed by atoms with E-state index in [0.717, 1.165) is 5.56 Å². The van der Waals surface area contributed by atoms with Crippen LogP contribution in [0.3, 0.4) is 0 Å². The van der Waals surface area contributed by atoms with Crippen molar-refractivity contribution in [1.82, 2.24) is 15.2 Å². The van der Waals surface area contributed by atoms with Crippen molar-refractivity contribution >= 4 is 11.8 Å². The second kappa shape index (κ2) is 6.43. The van der Waals surface area contributed by atoms with Gasteiger partial charge in [-0.15, -0.1) is 0 Å². The number of rotatable bonds is 5. The van der Waals surface area contributed by atoms with Crippen molar-refractivity contribution in [3.05, 3.63) is 54.2 Å². The monoisotopic (exact) mass is 299 g/mol. The van der Waals surface area contributed by atoms with Crippen molar-refractivity contribution in [3.63, 3.8) is 0 Å². The minimum Gasteiger partial charge on any atom is -0.467 e. The summed E-state index contributed by atoms with van der Waals surface area (Å²) in [5.41, 5.74) is 1.01. The first-order valence-corrected chi connectivity index (χ1v) is 7.19. The molecule has 6 heteroatoms. The standard InChI is InChI=1S/C16H17N3O3/c20-15-8-13(16(21)18-9-14-2-1-7-22-14)11-19(15)10-12-3-5-17-6-4-12/h1-7,13H,8-11H2,(H,18,21). The van der Waals surface area contributed by atoms with Crippen LogP contribution in [-0.4, -0.2) is 28.2 Å². The van der Waals surface area contributed by atoms with Gasteiger partial charge >= 0.3 is 0 Å². The lowest BCUT2D eigenvalue weighted by molar-refractivity contribution is -0.129. The van der Waals surface area contributed by atoms with Crippen molar-refractivity contribution in [2.24, 2.45) is 5.92 Å². The number of carbonyl (C=O) groups is 2. The fraction of sp³-hybridized carbons (Fsp3) is 0.312. The molecule has 1 atom stereocenters. The zero-order valence-electron chi connectivity index (χ0n) is 12.1. The lowest BCUT2D eigenvalue weighted by atomic mass is 10.1. The Kier molecular flexibility index (Phi) is 4.18. The molecule has 3 rings (SSSR count). The van der Waals surface area contributed by atoms with Gasteiger partial charge in [0.1, 0.15) is 5.76 Å². The molecule has 2 aromatic rings. The van der Waals surface area contributed by atoms with Crippen LogP contribution in [0.1, 0.15) is 17.7 Å². The number of nitrogens with one attached hydrogen (secondary N) is 1. The lowest BCUT2D eigenvalue weighted by Gasteiger charge is -2.16. The fourth-order valence-corrected chi connectivity index (χ4v) is 2.54. The molecule has 1 fully saturated rings. The number of furan rings is 1. The maximum Gasteiger partial charge on any atom is 0.225 e. The van der Waals surface area contributed by atoms with E-state index in [0.29, 0.717) is 25.4 Å². The number of hydrogen-bond acceptors (Lipinski definition) is 4. The summed E-state index contributed by atoms with van der Waals surface area (Å²) in [6, 6.07) is 7.32. The van der Waals surface area contributed by atoms with Gasteiger partial charge in [0.15, 0.2) is 0 Å². The summed E-state index contributed by atoms with van der Waals surface area (Å²) in [6.45, 7) is 1.31.